The van der Waals surface area contributed by atoms with E-state index < -0.39 is 0 Å². The number of benzene rings is 1. The van der Waals surface area contributed by atoms with Crippen molar-refractivity contribution >= 4 is 29.1 Å². The first kappa shape index (κ1) is 12.9. The number of nitrogens with one attached hydrogen (secondary N) is 2. The second-order valence-electron chi connectivity index (χ2n) is 4.49. The van der Waals surface area contributed by atoms with E-state index in [1.54, 1.807) is 18.2 Å². The summed E-state index contributed by atoms with van der Waals surface area (Å²) in [5, 5.41) is 6.22. The number of aryl methyl sites for hydroxylation is 1. The van der Waals surface area contributed by atoms with Crippen LogP contribution in [0.2, 0.25) is 5.02 Å². The smallest absolute Gasteiger partial charge is 0.229 e. The Kier molecular flexibility index (Phi) is 3.87. The van der Waals surface area contributed by atoms with Gasteiger partial charge in [-0.2, -0.15) is 0 Å². The lowest BCUT2D eigenvalue weighted by Gasteiger charge is -2.22. The molecule has 18 heavy (non-hydrogen) atoms. The Bertz CT molecular complexity index is 478. The molecule has 96 valence electrons. The molecule has 1 aliphatic heterocycles. The third-order valence-electron chi connectivity index (χ3n) is 3.08. The summed E-state index contributed by atoms with van der Waals surface area (Å²) in [7, 11) is 0. The summed E-state index contributed by atoms with van der Waals surface area (Å²) in [4.78, 5) is 23.0. The van der Waals surface area contributed by atoms with Gasteiger partial charge in [0.2, 0.25) is 11.8 Å². The fourth-order valence-corrected chi connectivity index (χ4v) is 2.19. The lowest BCUT2D eigenvalue weighted by Crippen LogP contribution is -2.40. The first-order valence-electron chi connectivity index (χ1n) is 5.90. The number of amides is 2. The predicted octanol–water partition coefficient (Wildman–Crippen LogP) is 2.11. The number of anilines is 1. The molecular formula is C13H15ClN2O2. The molecule has 1 aromatic rings. The number of hydrogen-bond acceptors (Lipinski definition) is 2. The van der Waals surface area contributed by atoms with E-state index in [2.05, 4.69) is 10.6 Å². The maximum absolute atomic E-state index is 12.0. The average Bonchev–Trinajstić information content (AvgIpc) is 2.33. The quantitative estimate of drug-likeness (QED) is 0.861. The summed E-state index contributed by atoms with van der Waals surface area (Å²) in [5.74, 6) is -0.195. The monoisotopic (exact) mass is 266 g/mol. The van der Waals surface area contributed by atoms with Crippen molar-refractivity contribution in [1.29, 1.82) is 0 Å². The van der Waals surface area contributed by atoms with Crippen LogP contribution in [0.25, 0.3) is 0 Å². The van der Waals surface area contributed by atoms with Crippen LogP contribution in [0.5, 0.6) is 0 Å². The molecule has 1 aliphatic rings. The molecule has 2 rings (SSSR count). The molecule has 1 saturated heterocycles. The van der Waals surface area contributed by atoms with Gasteiger partial charge in [0.25, 0.3) is 0 Å². The minimum Gasteiger partial charge on any atom is -0.355 e. The van der Waals surface area contributed by atoms with Crippen molar-refractivity contribution in [2.75, 3.05) is 11.9 Å². The van der Waals surface area contributed by atoms with Crippen LogP contribution in [0.3, 0.4) is 0 Å². The van der Waals surface area contributed by atoms with Crippen LogP contribution in [-0.2, 0) is 9.59 Å². The van der Waals surface area contributed by atoms with Crippen LogP contribution in [0.1, 0.15) is 18.4 Å². The van der Waals surface area contributed by atoms with Crippen molar-refractivity contribution in [1.82, 2.24) is 5.32 Å². The lowest BCUT2D eigenvalue weighted by atomic mass is 9.98. The summed E-state index contributed by atoms with van der Waals surface area (Å²) in [6.45, 7) is 2.31. The van der Waals surface area contributed by atoms with Crippen molar-refractivity contribution in [2.45, 2.75) is 19.8 Å². The first-order valence-corrected chi connectivity index (χ1v) is 6.28. The van der Waals surface area contributed by atoms with E-state index in [0.29, 0.717) is 24.4 Å². The van der Waals surface area contributed by atoms with Gasteiger partial charge >= 0.3 is 0 Å². The first-order chi connectivity index (χ1) is 8.56. The topological polar surface area (TPSA) is 58.2 Å². The van der Waals surface area contributed by atoms with Gasteiger partial charge in [0.15, 0.2) is 0 Å². The second-order valence-corrected chi connectivity index (χ2v) is 4.92. The zero-order chi connectivity index (χ0) is 13.1. The van der Waals surface area contributed by atoms with E-state index in [4.69, 9.17) is 11.6 Å². The molecule has 0 bridgehead atoms. The van der Waals surface area contributed by atoms with Crippen molar-refractivity contribution in [3.63, 3.8) is 0 Å². The molecule has 4 nitrogen and oxygen atoms in total. The van der Waals surface area contributed by atoms with Crippen LogP contribution in [0.4, 0.5) is 5.69 Å². The molecule has 2 N–H and O–H groups in total. The predicted molar refractivity (Wildman–Crippen MR) is 70.6 cm³/mol. The van der Waals surface area contributed by atoms with E-state index in [-0.39, 0.29) is 17.7 Å². The average molecular weight is 267 g/mol. The Labute approximate surface area is 111 Å². The van der Waals surface area contributed by atoms with Crippen molar-refractivity contribution < 1.29 is 9.59 Å². The van der Waals surface area contributed by atoms with E-state index in [1.165, 1.54) is 0 Å². The van der Waals surface area contributed by atoms with Gasteiger partial charge in [-0.3, -0.25) is 9.59 Å². The normalized spacial score (nSPS) is 19.2. The Morgan fingerprint density at radius 3 is 2.89 bits per heavy atom. The van der Waals surface area contributed by atoms with Crippen LogP contribution in [-0.4, -0.2) is 18.4 Å². The zero-order valence-electron chi connectivity index (χ0n) is 10.1. The maximum atomic E-state index is 12.0. The molecule has 1 aromatic carbocycles. The van der Waals surface area contributed by atoms with Gasteiger partial charge in [0.1, 0.15) is 0 Å². The van der Waals surface area contributed by atoms with Gasteiger partial charge in [-0.05, 0) is 37.1 Å². The molecule has 0 saturated carbocycles. The van der Waals surface area contributed by atoms with Gasteiger partial charge in [0.05, 0.1) is 5.92 Å². The van der Waals surface area contributed by atoms with Crippen LogP contribution in [0, 0.1) is 12.8 Å². The highest BCUT2D eigenvalue weighted by atomic mass is 35.5. The molecule has 0 aliphatic carbocycles. The second kappa shape index (κ2) is 5.40. The van der Waals surface area contributed by atoms with Gasteiger partial charge in [-0.25, -0.2) is 0 Å². The minimum atomic E-state index is -0.155. The summed E-state index contributed by atoms with van der Waals surface area (Å²) < 4.78 is 0. The van der Waals surface area contributed by atoms with Gasteiger partial charge in [-0.1, -0.05) is 11.6 Å². The van der Waals surface area contributed by atoms with E-state index in [9.17, 15) is 9.59 Å². The summed E-state index contributed by atoms with van der Waals surface area (Å²) in [6, 6.07) is 5.34. The van der Waals surface area contributed by atoms with Crippen molar-refractivity contribution in [3.8, 4) is 0 Å². The molecule has 0 spiro atoms. The van der Waals surface area contributed by atoms with Gasteiger partial charge in [0, 0.05) is 23.7 Å². The Morgan fingerprint density at radius 2 is 2.28 bits per heavy atom. The Morgan fingerprint density at radius 1 is 1.50 bits per heavy atom. The summed E-state index contributed by atoms with van der Waals surface area (Å²) in [5.41, 5.74) is 1.69. The molecule has 0 aromatic heterocycles. The van der Waals surface area contributed by atoms with E-state index in [0.717, 1.165) is 11.3 Å². The number of carbonyl (C=O) groups excluding carboxylic acids is 2. The Hall–Kier alpha value is -1.55. The van der Waals surface area contributed by atoms with Crippen LogP contribution in [0.15, 0.2) is 18.2 Å². The largest absolute Gasteiger partial charge is 0.355 e. The molecule has 1 atom stereocenters. The third kappa shape index (κ3) is 3.01. The highest BCUT2D eigenvalue weighted by Crippen LogP contribution is 2.21. The number of halogens is 1. The van der Waals surface area contributed by atoms with Gasteiger partial charge < -0.3 is 10.6 Å². The lowest BCUT2D eigenvalue weighted by molar-refractivity contribution is -0.126. The fourth-order valence-electron chi connectivity index (χ4n) is 1.96. The fraction of sp³-hybridized carbons (Fsp3) is 0.385. The highest BCUT2D eigenvalue weighted by molar-refractivity contribution is 6.30. The highest BCUT2D eigenvalue weighted by Gasteiger charge is 2.24. The number of rotatable bonds is 2. The van der Waals surface area contributed by atoms with E-state index in [1.807, 2.05) is 6.92 Å². The number of carbonyl (C=O) groups is 2. The number of piperidine rings is 1. The molecule has 1 unspecified atom stereocenters. The Balaban J connectivity index is 2.00. The van der Waals surface area contributed by atoms with E-state index >= 15 is 0 Å². The van der Waals surface area contributed by atoms with Crippen molar-refractivity contribution in [3.05, 3.63) is 28.8 Å². The molecule has 1 fully saturated rings. The zero-order valence-corrected chi connectivity index (χ0v) is 10.9. The van der Waals surface area contributed by atoms with Crippen LogP contribution < -0.4 is 10.6 Å². The molecule has 0 radical (unpaired) electrons. The molecule has 5 heteroatoms. The van der Waals surface area contributed by atoms with Crippen molar-refractivity contribution in [2.24, 2.45) is 5.92 Å². The maximum Gasteiger partial charge on any atom is 0.229 e. The van der Waals surface area contributed by atoms with Crippen LogP contribution >= 0.6 is 11.6 Å². The number of hydrogen-bond donors (Lipinski definition) is 2. The standard InChI is InChI=1S/C13H15ClN2O2/c1-8-6-10(14)3-4-11(8)16-13(18)9-2-5-12(17)15-7-9/h3-4,6,9H,2,5,7H2,1H3,(H,15,17)(H,16,18). The summed E-state index contributed by atoms with van der Waals surface area (Å²) in [6.07, 6.45) is 1.02. The third-order valence-corrected chi connectivity index (χ3v) is 3.32. The SMILES string of the molecule is Cc1cc(Cl)ccc1NC(=O)C1CCC(=O)NC1. The minimum absolute atomic E-state index is 0.0155. The molecule has 1 heterocycles. The molecule has 2 amide bonds. The van der Waals surface area contributed by atoms with Gasteiger partial charge in [-0.15, -0.1) is 0 Å². The molecular weight excluding hydrogens is 252 g/mol. The summed E-state index contributed by atoms with van der Waals surface area (Å²) >= 11 is 5.86.